The minimum atomic E-state index is -1.11. The van der Waals surface area contributed by atoms with Gasteiger partial charge in [-0.1, -0.05) is 18.2 Å². The zero-order valence-corrected chi connectivity index (χ0v) is 17.1. The number of fused-ring (bicyclic) bond motifs is 1. The summed E-state index contributed by atoms with van der Waals surface area (Å²) in [6.45, 7) is 0. The van der Waals surface area contributed by atoms with Crippen molar-refractivity contribution in [1.29, 1.82) is 0 Å². The van der Waals surface area contributed by atoms with Crippen LogP contribution in [0.25, 0.3) is 10.9 Å². The molecular weight excluding hydrogens is 588 g/mol. The molecule has 24 heavy (non-hydrogen) atoms. The third-order valence-corrected chi connectivity index (χ3v) is 4.32. The van der Waals surface area contributed by atoms with Gasteiger partial charge in [0.05, 0.1) is 3.57 Å². The van der Waals surface area contributed by atoms with E-state index in [1.165, 1.54) is 6.07 Å². The number of aromatic hydroxyl groups is 2. The molecule has 0 aliphatic carbocycles. The summed E-state index contributed by atoms with van der Waals surface area (Å²) >= 11 is 3.89. The van der Waals surface area contributed by atoms with Crippen molar-refractivity contribution in [2.75, 3.05) is 0 Å². The molecule has 2 aromatic carbocycles. The Morgan fingerprint density at radius 3 is 2.33 bits per heavy atom. The maximum atomic E-state index is 10.6. The number of rotatable bonds is 1. The summed E-state index contributed by atoms with van der Waals surface area (Å²) in [6, 6.07) is 12.3. The van der Waals surface area contributed by atoms with Crippen LogP contribution in [-0.2, 0) is 17.1 Å². The van der Waals surface area contributed by atoms with Gasteiger partial charge < -0.3 is 15.3 Å². The summed E-state index contributed by atoms with van der Waals surface area (Å²) in [4.78, 5) is 14.6. The molecule has 3 aromatic rings. The number of carboxylic acids is 1. The van der Waals surface area contributed by atoms with Gasteiger partial charge in [0.15, 0.2) is 0 Å². The second-order valence-electron chi connectivity index (χ2n) is 4.44. The van der Waals surface area contributed by atoms with Gasteiger partial charge in [-0.2, -0.15) is 0 Å². The van der Waals surface area contributed by atoms with Crippen molar-refractivity contribution in [2.45, 2.75) is 0 Å². The second-order valence-corrected chi connectivity index (χ2v) is 6.85. The van der Waals surface area contributed by atoms with Gasteiger partial charge in [-0.15, -0.1) is 0 Å². The largest absolute Gasteiger partial charge is 0.506 e. The third-order valence-electron chi connectivity index (χ3n) is 2.87. The first-order valence-electron chi connectivity index (χ1n) is 6.34. The van der Waals surface area contributed by atoms with Gasteiger partial charge in [0.1, 0.15) is 22.6 Å². The van der Waals surface area contributed by atoms with Crippen molar-refractivity contribution in [2.24, 2.45) is 0 Å². The van der Waals surface area contributed by atoms with Gasteiger partial charge in [0.2, 0.25) is 0 Å². The Morgan fingerprint density at radius 1 is 1.04 bits per heavy atom. The van der Waals surface area contributed by atoms with E-state index in [2.05, 4.69) is 4.98 Å². The number of hydrogen-bond acceptors (Lipinski definition) is 4. The van der Waals surface area contributed by atoms with Crippen molar-refractivity contribution in [3.8, 4) is 11.5 Å². The summed E-state index contributed by atoms with van der Waals surface area (Å²) in [6.07, 6.45) is 1.67. The monoisotopic (exact) mass is 598 g/mol. The first kappa shape index (κ1) is 20.9. The van der Waals surface area contributed by atoms with Crippen LogP contribution in [0.2, 0.25) is 0 Å². The van der Waals surface area contributed by atoms with Crippen molar-refractivity contribution in [3.05, 3.63) is 61.4 Å². The molecule has 0 fully saturated rings. The number of carbonyl (C=O) groups is 1. The molecule has 0 aliphatic heterocycles. The summed E-state index contributed by atoms with van der Waals surface area (Å²) in [7, 11) is 0. The summed E-state index contributed by atoms with van der Waals surface area (Å²) < 4.78 is 1.35. The number of benzene rings is 2. The second kappa shape index (κ2) is 9.40. The van der Waals surface area contributed by atoms with Crippen LogP contribution in [0.15, 0.2) is 48.7 Å². The first-order valence-corrected chi connectivity index (χ1v) is 8.50. The molecular formula is C16H11CuI2NO4. The normalized spacial score (nSPS) is 9.58. The van der Waals surface area contributed by atoms with Crippen LogP contribution in [-0.4, -0.2) is 26.3 Å². The fourth-order valence-corrected chi connectivity index (χ4v) is 3.66. The molecule has 3 rings (SSSR count). The summed E-state index contributed by atoms with van der Waals surface area (Å²) in [5, 5.41) is 28.2. The van der Waals surface area contributed by atoms with E-state index in [4.69, 9.17) is 5.11 Å². The van der Waals surface area contributed by atoms with Crippen molar-refractivity contribution in [1.82, 2.24) is 4.98 Å². The minimum absolute atomic E-state index is 0. The van der Waals surface area contributed by atoms with Crippen molar-refractivity contribution in [3.63, 3.8) is 0 Å². The molecule has 0 bridgehead atoms. The Bertz CT molecular complexity index is 869. The van der Waals surface area contributed by atoms with Gasteiger partial charge in [-0.05, 0) is 69.4 Å². The van der Waals surface area contributed by atoms with Gasteiger partial charge in [0, 0.05) is 32.2 Å². The van der Waals surface area contributed by atoms with E-state index in [1.807, 2.05) is 63.4 Å². The van der Waals surface area contributed by atoms with Gasteiger partial charge in [0.25, 0.3) is 0 Å². The Balaban J connectivity index is 0.000000231. The molecule has 0 aliphatic rings. The number of aromatic carboxylic acids is 1. The molecule has 0 atom stereocenters. The molecule has 3 N–H and O–H groups in total. The van der Waals surface area contributed by atoms with Crippen molar-refractivity contribution >= 4 is 62.1 Å². The molecule has 5 nitrogen and oxygen atoms in total. The zero-order valence-electron chi connectivity index (χ0n) is 11.9. The number of hydrogen-bond donors (Lipinski definition) is 3. The van der Waals surface area contributed by atoms with E-state index in [-0.39, 0.29) is 34.1 Å². The minimum Gasteiger partial charge on any atom is -0.506 e. The van der Waals surface area contributed by atoms with E-state index in [0.29, 0.717) is 9.09 Å². The number of para-hydroxylation sites is 1. The van der Waals surface area contributed by atoms with Crippen LogP contribution < -0.4 is 0 Å². The fraction of sp³-hybridized carbons (Fsp3) is 0. The number of phenols is 2. The zero-order chi connectivity index (χ0) is 17.0. The molecule has 0 amide bonds. The Labute approximate surface area is 175 Å². The Morgan fingerprint density at radius 2 is 1.71 bits per heavy atom. The first-order chi connectivity index (χ1) is 10.9. The predicted octanol–water partition coefficient (Wildman–Crippen LogP) is 4.24. The molecule has 0 unspecified atom stereocenters. The standard InChI is InChI=1S/C9H7NO.C7H4I2O3.Cu/c11-8-5-1-3-7-4-2-6-10-9(7)8;8-3-1-4(7(11)12)6(10)5(9)2-3;/h1-6,11H;1-2,10H,(H,11,12);. The van der Waals surface area contributed by atoms with Gasteiger partial charge >= 0.3 is 5.97 Å². The maximum Gasteiger partial charge on any atom is 0.339 e. The van der Waals surface area contributed by atoms with E-state index >= 15 is 0 Å². The molecule has 1 radical (unpaired) electrons. The van der Waals surface area contributed by atoms with Gasteiger partial charge in [-0.3, -0.25) is 4.98 Å². The number of pyridine rings is 1. The Kier molecular flexibility index (Phi) is 8.20. The number of nitrogens with zero attached hydrogens (tertiary/aromatic N) is 1. The van der Waals surface area contributed by atoms with E-state index < -0.39 is 5.97 Å². The summed E-state index contributed by atoms with van der Waals surface area (Å²) in [5.41, 5.74) is 0.612. The number of phenolic OH excluding ortho intramolecular Hbond substituents is 1. The van der Waals surface area contributed by atoms with E-state index in [9.17, 15) is 15.0 Å². The average Bonchev–Trinajstić information content (AvgIpc) is 2.52. The number of aromatic nitrogens is 1. The molecule has 8 heteroatoms. The van der Waals surface area contributed by atoms with Crippen LogP contribution in [0.3, 0.4) is 0 Å². The van der Waals surface area contributed by atoms with Crippen LogP contribution in [0, 0.1) is 7.14 Å². The quantitative estimate of drug-likeness (QED) is 0.288. The smallest absolute Gasteiger partial charge is 0.339 e. The SMILES string of the molecule is O=C(O)c1cc(I)cc(I)c1O.Oc1cccc2cccnc12.[Cu]. The fourth-order valence-electron chi connectivity index (χ4n) is 1.82. The van der Waals surface area contributed by atoms with Crippen LogP contribution in [0.4, 0.5) is 0 Å². The average molecular weight is 599 g/mol. The topological polar surface area (TPSA) is 90.7 Å². The third kappa shape index (κ3) is 5.20. The molecule has 0 saturated heterocycles. The number of carboxylic acid groups (broad SMARTS) is 1. The summed E-state index contributed by atoms with van der Waals surface area (Å²) in [5.74, 6) is -1.03. The number of halogens is 2. The van der Waals surface area contributed by atoms with Crippen LogP contribution in [0.5, 0.6) is 11.5 Å². The predicted molar refractivity (Wildman–Crippen MR) is 104 cm³/mol. The van der Waals surface area contributed by atoms with Gasteiger partial charge in [-0.25, -0.2) is 4.79 Å². The van der Waals surface area contributed by atoms with Crippen LogP contribution in [0.1, 0.15) is 10.4 Å². The van der Waals surface area contributed by atoms with E-state index in [1.54, 1.807) is 24.4 Å². The van der Waals surface area contributed by atoms with E-state index in [0.717, 1.165) is 8.96 Å². The Hall–Kier alpha value is -1.10. The molecule has 129 valence electrons. The molecule has 0 spiro atoms. The van der Waals surface area contributed by atoms with Crippen molar-refractivity contribution < 1.29 is 37.2 Å². The maximum absolute atomic E-state index is 10.6. The molecule has 0 saturated carbocycles. The molecule has 1 heterocycles. The van der Waals surface area contributed by atoms with Crippen LogP contribution >= 0.6 is 45.2 Å². The molecule has 1 aromatic heterocycles.